The van der Waals surface area contributed by atoms with Gasteiger partial charge in [0.25, 0.3) is 0 Å². The number of nitrogens with one attached hydrogen (secondary N) is 2. The molecule has 7 nitrogen and oxygen atoms in total. The predicted octanol–water partition coefficient (Wildman–Crippen LogP) is 4.33. The second kappa shape index (κ2) is 12.0. The van der Waals surface area contributed by atoms with Gasteiger partial charge in [0, 0.05) is 31.5 Å². The van der Waals surface area contributed by atoms with Crippen LogP contribution in [0.25, 0.3) is 11.1 Å². The number of hydrogen-bond donors (Lipinski definition) is 3. The molecule has 0 bridgehead atoms. The van der Waals surface area contributed by atoms with Crippen LogP contribution in [0.5, 0.6) is 0 Å². The van der Waals surface area contributed by atoms with Gasteiger partial charge in [-0.25, -0.2) is 9.59 Å². The normalized spacial score (nSPS) is 13.4. The lowest BCUT2D eigenvalue weighted by Crippen LogP contribution is -2.34. The first-order valence-corrected chi connectivity index (χ1v) is 11.6. The second-order valence-electron chi connectivity index (χ2n) is 8.95. The molecular formula is C27H32N2O5. The summed E-state index contributed by atoms with van der Waals surface area (Å²) in [7, 11) is 0. The standard InChI is InChI=1S/C27H32N2O5/c1-18(2)14-19(15-25(30)28-13-7-12-26(31)32)16-29-27(33)34-17-24-22-10-5-3-8-20(22)21-9-4-6-11-23(21)24/h3-12,18-19,24H,13-17H2,1-2H3,(H,28,30)(H,29,33)(H,31,32)/b12-7-. The molecule has 1 atom stereocenters. The predicted molar refractivity (Wildman–Crippen MR) is 130 cm³/mol. The first kappa shape index (κ1) is 25.0. The fraction of sp³-hybridized carbons (Fsp3) is 0.370. The summed E-state index contributed by atoms with van der Waals surface area (Å²) in [6.45, 7) is 4.85. The van der Waals surface area contributed by atoms with E-state index in [1.165, 1.54) is 17.2 Å². The minimum Gasteiger partial charge on any atom is -0.478 e. The summed E-state index contributed by atoms with van der Waals surface area (Å²) < 4.78 is 5.59. The number of hydrogen-bond acceptors (Lipinski definition) is 4. The highest BCUT2D eigenvalue weighted by molar-refractivity contribution is 5.80. The summed E-state index contributed by atoms with van der Waals surface area (Å²) in [6, 6.07) is 16.3. The molecule has 7 heteroatoms. The fourth-order valence-electron chi connectivity index (χ4n) is 4.45. The number of fused-ring (bicyclic) bond motifs is 3. The monoisotopic (exact) mass is 464 g/mol. The van der Waals surface area contributed by atoms with Crippen molar-refractivity contribution in [3.63, 3.8) is 0 Å². The van der Waals surface area contributed by atoms with Gasteiger partial charge in [-0.1, -0.05) is 68.5 Å². The van der Waals surface area contributed by atoms with E-state index in [1.807, 2.05) is 24.3 Å². The quantitative estimate of drug-likeness (QED) is 0.429. The van der Waals surface area contributed by atoms with Gasteiger partial charge >= 0.3 is 12.1 Å². The zero-order valence-electron chi connectivity index (χ0n) is 19.6. The molecule has 180 valence electrons. The van der Waals surface area contributed by atoms with E-state index < -0.39 is 12.1 Å². The topological polar surface area (TPSA) is 105 Å². The van der Waals surface area contributed by atoms with Crippen LogP contribution in [0.3, 0.4) is 0 Å². The lowest BCUT2D eigenvalue weighted by atomic mass is 9.94. The average molecular weight is 465 g/mol. The fourth-order valence-corrected chi connectivity index (χ4v) is 4.45. The number of amides is 2. The average Bonchev–Trinajstić information content (AvgIpc) is 3.12. The number of carbonyl (C=O) groups is 3. The number of carboxylic acid groups (broad SMARTS) is 1. The Labute approximate surface area is 200 Å². The van der Waals surface area contributed by atoms with Crippen molar-refractivity contribution < 1.29 is 24.2 Å². The van der Waals surface area contributed by atoms with Gasteiger partial charge < -0.3 is 20.5 Å². The number of ether oxygens (including phenoxy) is 1. The van der Waals surface area contributed by atoms with E-state index in [1.54, 1.807) is 0 Å². The first-order valence-electron chi connectivity index (χ1n) is 11.6. The maximum absolute atomic E-state index is 12.5. The van der Waals surface area contributed by atoms with Crippen LogP contribution in [0.2, 0.25) is 0 Å². The zero-order valence-corrected chi connectivity index (χ0v) is 19.6. The Morgan fingerprint density at radius 3 is 2.21 bits per heavy atom. The number of alkyl carbamates (subject to hydrolysis) is 1. The summed E-state index contributed by atoms with van der Waals surface area (Å²) in [5.41, 5.74) is 4.66. The van der Waals surface area contributed by atoms with Crippen LogP contribution < -0.4 is 10.6 Å². The lowest BCUT2D eigenvalue weighted by molar-refractivity contribution is -0.131. The largest absolute Gasteiger partial charge is 0.478 e. The summed E-state index contributed by atoms with van der Waals surface area (Å²) in [6.07, 6.45) is 2.88. The number of carboxylic acids is 1. The van der Waals surface area contributed by atoms with Crippen molar-refractivity contribution in [2.45, 2.75) is 32.6 Å². The molecule has 1 aliphatic rings. The van der Waals surface area contributed by atoms with Crippen LogP contribution in [0.1, 0.15) is 43.7 Å². The Morgan fingerprint density at radius 2 is 1.62 bits per heavy atom. The van der Waals surface area contributed by atoms with E-state index in [9.17, 15) is 14.4 Å². The van der Waals surface area contributed by atoms with Crippen molar-refractivity contribution in [1.29, 1.82) is 0 Å². The molecule has 1 unspecified atom stereocenters. The molecule has 0 spiro atoms. The van der Waals surface area contributed by atoms with E-state index in [2.05, 4.69) is 48.7 Å². The van der Waals surface area contributed by atoms with Crippen LogP contribution in [-0.4, -0.2) is 42.8 Å². The Morgan fingerprint density at radius 1 is 1.00 bits per heavy atom. The molecule has 1 aliphatic carbocycles. The van der Waals surface area contributed by atoms with Gasteiger partial charge in [0.1, 0.15) is 6.61 Å². The van der Waals surface area contributed by atoms with E-state index >= 15 is 0 Å². The summed E-state index contributed by atoms with van der Waals surface area (Å²) in [5, 5.41) is 14.1. The zero-order chi connectivity index (χ0) is 24.5. The maximum Gasteiger partial charge on any atom is 0.407 e. The molecule has 34 heavy (non-hydrogen) atoms. The van der Waals surface area contributed by atoms with E-state index in [0.717, 1.165) is 23.6 Å². The van der Waals surface area contributed by atoms with Gasteiger partial charge in [0.05, 0.1) is 0 Å². The molecular weight excluding hydrogens is 432 g/mol. The van der Waals surface area contributed by atoms with E-state index in [0.29, 0.717) is 12.5 Å². The van der Waals surface area contributed by atoms with Crippen LogP contribution >= 0.6 is 0 Å². The minimum atomic E-state index is -1.06. The van der Waals surface area contributed by atoms with Crippen molar-refractivity contribution in [3.8, 4) is 11.1 Å². The van der Waals surface area contributed by atoms with Crippen molar-refractivity contribution in [1.82, 2.24) is 10.6 Å². The number of rotatable bonds is 11. The molecule has 2 aromatic rings. The van der Waals surface area contributed by atoms with Crippen LogP contribution in [0.15, 0.2) is 60.7 Å². The van der Waals surface area contributed by atoms with Crippen molar-refractivity contribution >= 4 is 18.0 Å². The van der Waals surface area contributed by atoms with Gasteiger partial charge in [0.15, 0.2) is 0 Å². The summed E-state index contributed by atoms with van der Waals surface area (Å²) >= 11 is 0. The highest BCUT2D eigenvalue weighted by Crippen LogP contribution is 2.44. The van der Waals surface area contributed by atoms with Gasteiger partial charge in [0.2, 0.25) is 5.91 Å². The molecule has 2 amide bonds. The molecule has 0 saturated carbocycles. The summed E-state index contributed by atoms with van der Waals surface area (Å²) in [4.78, 5) is 35.2. The van der Waals surface area contributed by atoms with Gasteiger partial charge in [-0.2, -0.15) is 0 Å². The number of benzene rings is 2. The summed E-state index contributed by atoms with van der Waals surface area (Å²) in [5.74, 6) is -0.943. The minimum absolute atomic E-state index is 0.00533. The third-order valence-electron chi connectivity index (χ3n) is 5.84. The number of aliphatic carboxylic acids is 1. The molecule has 2 aromatic carbocycles. The van der Waals surface area contributed by atoms with Gasteiger partial charge in [-0.05, 0) is 40.5 Å². The smallest absolute Gasteiger partial charge is 0.407 e. The van der Waals surface area contributed by atoms with Crippen molar-refractivity contribution in [2.75, 3.05) is 19.7 Å². The van der Waals surface area contributed by atoms with Crippen molar-refractivity contribution in [2.24, 2.45) is 11.8 Å². The van der Waals surface area contributed by atoms with Crippen LogP contribution in [0.4, 0.5) is 4.79 Å². The highest BCUT2D eigenvalue weighted by Gasteiger charge is 2.29. The third kappa shape index (κ3) is 6.94. The Kier molecular flexibility index (Phi) is 8.85. The van der Waals surface area contributed by atoms with Gasteiger partial charge in [-0.3, -0.25) is 4.79 Å². The second-order valence-corrected chi connectivity index (χ2v) is 8.95. The van der Waals surface area contributed by atoms with Crippen molar-refractivity contribution in [3.05, 3.63) is 71.8 Å². The molecule has 0 saturated heterocycles. The van der Waals surface area contributed by atoms with Crippen LogP contribution in [0, 0.1) is 11.8 Å². The van der Waals surface area contributed by atoms with E-state index in [4.69, 9.17) is 9.84 Å². The molecule has 0 heterocycles. The maximum atomic E-state index is 12.5. The lowest BCUT2D eigenvalue weighted by Gasteiger charge is -2.20. The number of carbonyl (C=O) groups excluding carboxylic acids is 2. The first-order chi connectivity index (χ1) is 16.3. The Hall–Kier alpha value is -3.61. The molecule has 0 fully saturated rings. The van der Waals surface area contributed by atoms with Crippen LogP contribution in [-0.2, 0) is 14.3 Å². The molecule has 0 aliphatic heterocycles. The Balaban J connectivity index is 1.51. The van der Waals surface area contributed by atoms with E-state index in [-0.39, 0.29) is 37.3 Å². The molecule has 3 rings (SSSR count). The molecule has 0 radical (unpaired) electrons. The SMILES string of the molecule is CC(C)CC(CNC(=O)OCC1c2ccccc2-c2ccccc21)CC(=O)NC/C=C\C(=O)O. The van der Waals surface area contributed by atoms with Gasteiger partial charge in [-0.15, -0.1) is 0 Å². The Bertz CT molecular complexity index is 1000. The molecule has 3 N–H and O–H groups in total. The highest BCUT2D eigenvalue weighted by atomic mass is 16.5. The third-order valence-corrected chi connectivity index (χ3v) is 5.84. The molecule has 0 aromatic heterocycles.